The monoisotopic (exact) mass is 400 g/mol. The second kappa shape index (κ2) is 7.22. The highest BCUT2D eigenvalue weighted by atomic mass is 32.2. The standard InChI is InChI=1S/C14H19F3N2O4S2/c1-24(20,21)18-10-11-6-4-5-9-19(11)25(22,23)13-8-3-2-7-12(13)14(15,16)17/h2-3,7-8,11,18H,4-6,9-10H2,1H3/t11-/m1/s1. The summed E-state index contributed by atoms with van der Waals surface area (Å²) < 4.78 is 90.9. The summed E-state index contributed by atoms with van der Waals surface area (Å²) in [6, 6.07) is 3.28. The van der Waals surface area contributed by atoms with Gasteiger partial charge in [0.25, 0.3) is 0 Å². The fourth-order valence-corrected chi connectivity index (χ4v) is 5.20. The van der Waals surface area contributed by atoms with Gasteiger partial charge >= 0.3 is 6.18 Å². The lowest BCUT2D eigenvalue weighted by atomic mass is 10.1. The maximum absolute atomic E-state index is 13.2. The third-order valence-electron chi connectivity index (χ3n) is 3.93. The Morgan fingerprint density at radius 3 is 2.40 bits per heavy atom. The van der Waals surface area contributed by atoms with Crippen LogP contribution in [0.3, 0.4) is 0 Å². The maximum Gasteiger partial charge on any atom is 0.417 e. The Bertz CT molecular complexity index is 823. The molecule has 142 valence electrons. The summed E-state index contributed by atoms with van der Waals surface area (Å²) in [5.41, 5.74) is -1.23. The van der Waals surface area contributed by atoms with E-state index in [1.54, 1.807) is 0 Å². The van der Waals surface area contributed by atoms with Crippen LogP contribution in [0.15, 0.2) is 29.2 Å². The van der Waals surface area contributed by atoms with E-state index in [1.165, 1.54) is 6.07 Å². The van der Waals surface area contributed by atoms with Crippen LogP contribution >= 0.6 is 0 Å². The van der Waals surface area contributed by atoms with Crippen LogP contribution in [0.1, 0.15) is 24.8 Å². The quantitative estimate of drug-likeness (QED) is 0.817. The summed E-state index contributed by atoms with van der Waals surface area (Å²) in [6.45, 7) is -0.128. The zero-order valence-corrected chi connectivity index (χ0v) is 15.1. The molecule has 1 N–H and O–H groups in total. The zero-order valence-electron chi connectivity index (χ0n) is 13.5. The van der Waals surface area contributed by atoms with Crippen LogP contribution in [0.25, 0.3) is 0 Å². The van der Waals surface area contributed by atoms with Crippen LogP contribution in [0.5, 0.6) is 0 Å². The topological polar surface area (TPSA) is 83.6 Å². The maximum atomic E-state index is 13.2. The van der Waals surface area contributed by atoms with E-state index in [9.17, 15) is 30.0 Å². The normalized spacial score (nSPS) is 20.6. The lowest BCUT2D eigenvalue weighted by molar-refractivity contribution is -0.139. The molecule has 0 bridgehead atoms. The summed E-state index contributed by atoms with van der Waals surface area (Å²) in [5.74, 6) is 0. The fourth-order valence-electron chi connectivity index (χ4n) is 2.79. The largest absolute Gasteiger partial charge is 0.417 e. The highest BCUT2D eigenvalue weighted by molar-refractivity contribution is 7.89. The molecule has 1 heterocycles. The molecular weight excluding hydrogens is 381 g/mol. The Balaban J connectivity index is 2.40. The number of hydrogen-bond acceptors (Lipinski definition) is 4. The van der Waals surface area contributed by atoms with Crippen molar-refractivity contribution in [2.45, 2.75) is 36.4 Å². The number of halogens is 3. The van der Waals surface area contributed by atoms with Gasteiger partial charge < -0.3 is 0 Å². The van der Waals surface area contributed by atoms with Gasteiger partial charge in [0.1, 0.15) is 0 Å². The van der Waals surface area contributed by atoms with E-state index in [4.69, 9.17) is 0 Å². The Morgan fingerprint density at radius 2 is 1.80 bits per heavy atom. The van der Waals surface area contributed by atoms with E-state index in [-0.39, 0.29) is 13.1 Å². The van der Waals surface area contributed by atoms with E-state index in [1.807, 2.05) is 0 Å². The number of piperidine rings is 1. The smallest absolute Gasteiger partial charge is 0.214 e. The zero-order chi connectivity index (χ0) is 18.9. The van der Waals surface area contributed by atoms with Crippen LogP contribution in [0.2, 0.25) is 0 Å². The molecule has 1 fully saturated rings. The number of nitrogens with one attached hydrogen (secondary N) is 1. The summed E-state index contributed by atoms with van der Waals surface area (Å²) in [5, 5.41) is 0. The molecule has 1 atom stereocenters. The van der Waals surface area contributed by atoms with Gasteiger partial charge in [-0.1, -0.05) is 18.6 Å². The van der Waals surface area contributed by atoms with Crippen molar-refractivity contribution < 1.29 is 30.0 Å². The predicted molar refractivity (Wildman–Crippen MR) is 85.8 cm³/mol. The molecule has 6 nitrogen and oxygen atoms in total. The first-order chi connectivity index (χ1) is 11.4. The van der Waals surface area contributed by atoms with Crippen molar-refractivity contribution in [3.63, 3.8) is 0 Å². The molecule has 1 saturated heterocycles. The molecule has 1 aromatic carbocycles. The average molecular weight is 400 g/mol. The molecule has 0 aromatic heterocycles. The first-order valence-corrected chi connectivity index (χ1v) is 10.9. The molecule has 0 radical (unpaired) electrons. The predicted octanol–water partition coefficient (Wildman–Crippen LogP) is 1.80. The van der Waals surface area contributed by atoms with Gasteiger partial charge in [-0.3, -0.25) is 0 Å². The third kappa shape index (κ3) is 4.93. The molecule has 0 aliphatic carbocycles. The molecule has 0 saturated carbocycles. The second-order valence-corrected chi connectivity index (χ2v) is 9.57. The van der Waals surface area contributed by atoms with E-state index in [0.29, 0.717) is 19.3 Å². The molecule has 1 aliphatic rings. The van der Waals surface area contributed by atoms with Crippen molar-refractivity contribution in [2.75, 3.05) is 19.3 Å². The van der Waals surface area contributed by atoms with Crippen molar-refractivity contribution >= 4 is 20.0 Å². The highest BCUT2D eigenvalue weighted by Crippen LogP contribution is 2.36. The lowest BCUT2D eigenvalue weighted by Crippen LogP contribution is -2.49. The highest BCUT2D eigenvalue weighted by Gasteiger charge is 2.41. The molecule has 0 unspecified atom stereocenters. The number of sulfonamides is 2. The Morgan fingerprint density at radius 1 is 1.16 bits per heavy atom. The number of rotatable bonds is 5. The Hall–Kier alpha value is -1.17. The first kappa shape index (κ1) is 20.1. The van der Waals surface area contributed by atoms with Crippen LogP contribution < -0.4 is 4.72 Å². The van der Waals surface area contributed by atoms with E-state index in [0.717, 1.165) is 28.8 Å². The average Bonchev–Trinajstić information content (AvgIpc) is 2.52. The molecule has 1 aliphatic heterocycles. The molecule has 11 heteroatoms. The summed E-state index contributed by atoms with van der Waals surface area (Å²) in [6.07, 6.45) is -2.32. The van der Waals surface area contributed by atoms with Crippen LogP contribution in [-0.2, 0) is 26.2 Å². The minimum Gasteiger partial charge on any atom is -0.214 e. The van der Waals surface area contributed by atoms with Crippen molar-refractivity contribution in [1.82, 2.24) is 9.03 Å². The van der Waals surface area contributed by atoms with Gasteiger partial charge in [0, 0.05) is 19.1 Å². The third-order valence-corrected chi connectivity index (χ3v) is 6.63. The van der Waals surface area contributed by atoms with Gasteiger partial charge in [-0.2, -0.15) is 17.5 Å². The van der Waals surface area contributed by atoms with Gasteiger partial charge in [-0.05, 0) is 25.0 Å². The van der Waals surface area contributed by atoms with Gasteiger partial charge in [0.2, 0.25) is 20.0 Å². The SMILES string of the molecule is CS(=O)(=O)NC[C@H]1CCCCN1S(=O)(=O)c1ccccc1C(F)(F)F. The van der Waals surface area contributed by atoms with E-state index in [2.05, 4.69) is 4.72 Å². The number of hydrogen-bond donors (Lipinski definition) is 1. The molecule has 1 aromatic rings. The van der Waals surface area contributed by atoms with E-state index < -0.39 is 42.7 Å². The minimum atomic E-state index is -4.81. The van der Waals surface area contributed by atoms with Gasteiger partial charge in [0.15, 0.2) is 0 Å². The second-order valence-electron chi connectivity index (χ2n) is 5.88. The molecular formula is C14H19F3N2O4S2. The summed E-state index contributed by atoms with van der Waals surface area (Å²) in [7, 11) is -7.95. The summed E-state index contributed by atoms with van der Waals surface area (Å²) in [4.78, 5) is -0.811. The van der Waals surface area contributed by atoms with Crippen LogP contribution in [0.4, 0.5) is 13.2 Å². The molecule has 0 amide bonds. The number of alkyl halides is 3. The van der Waals surface area contributed by atoms with Gasteiger partial charge in [0.05, 0.1) is 16.7 Å². The van der Waals surface area contributed by atoms with Gasteiger partial charge in [-0.25, -0.2) is 21.6 Å². The molecule has 25 heavy (non-hydrogen) atoms. The van der Waals surface area contributed by atoms with Gasteiger partial charge in [-0.15, -0.1) is 0 Å². The van der Waals surface area contributed by atoms with Crippen LogP contribution in [-0.4, -0.2) is 46.5 Å². The van der Waals surface area contributed by atoms with Crippen molar-refractivity contribution in [1.29, 1.82) is 0 Å². The minimum absolute atomic E-state index is 0.0463. The lowest BCUT2D eigenvalue weighted by Gasteiger charge is -2.35. The summed E-state index contributed by atoms with van der Waals surface area (Å²) >= 11 is 0. The fraction of sp³-hybridized carbons (Fsp3) is 0.571. The van der Waals surface area contributed by atoms with Crippen LogP contribution in [0, 0.1) is 0 Å². The number of nitrogens with zero attached hydrogens (tertiary/aromatic N) is 1. The van der Waals surface area contributed by atoms with E-state index >= 15 is 0 Å². The molecule has 0 spiro atoms. The molecule has 2 rings (SSSR count). The van der Waals surface area contributed by atoms with Crippen molar-refractivity contribution in [3.8, 4) is 0 Å². The Labute approximate surface area is 145 Å². The van der Waals surface area contributed by atoms with Crippen molar-refractivity contribution in [2.24, 2.45) is 0 Å². The Kier molecular flexibility index (Phi) is 5.81. The number of benzene rings is 1. The first-order valence-electron chi connectivity index (χ1n) is 7.55. The van der Waals surface area contributed by atoms with Crippen molar-refractivity contribution in [3.05, 3.63) is 29.8 Å².